The lowest BCUT2D eigenvalue weighted by molar-refractivity contribution is -0.386. The number of nitro groups is 1. The van der Waals surface area contributed by atoms with E-state index in [1.54, 1.807) is 31.2 Å². The van der Waals surface area contributed by atoms with Gasteiger partial charge in [0.25, 0.3) is 0 Å². The summed E-state index contributed by atoms with van der Waals surface area (Å²) in [6.07, 6.45) is 0. The molecule has 1 aromatic heterocycles. The molecule has 12 nitrogen and oxygen atoms in total. The molecule has 0 aliphatic heterocycles. The van der Waals surface area contributed by atoms with Crippen molar-refractivity contribution in [3.8, 4) is 22.6 Å². The van der Waals surface area contributed by atoms with Gasteiger partial charge in [-0.25, -0.2) is 4.63 Å². The van der Waals surface area contributed by atoms with E-state index in [2.05, 4.69) is 15.6 Å². The molecule has 0 amide bonds. The van der Waals surface area contributed by atoms with E-state index in [9.17, 15) is 20.0 Å². The Labute approximate surface area is 262 Å². The number of benzene rings is 4. The molecule has 5 rings (SSSR count). The van der Waals surface area contributed by atoms with Crippen molar-refractivity contribution in [1.29, 1.82) is 0 Å². The largest absolute Gasteiger partial charge is 0.488 e. The van der Waals surface area contributed by atoms with Crippen LogP contribution in [0.2, 0.25) is 5.02 Å². The minimum absolute atomic E-state index is 0.0415. The predicted molar refractivity (Wildman–Crippen MR) is 165 cm³/mol. The summed E-state index contributed by atoms with van der Waals surface area (Å²) in [5.41, 5.74) is 4.26. The Kier molecular flexibility index (Phi) is 10.2. The van der Waals surface area contributed by atoms with Gasteiger partial charge in [-0.3, -0.25) is 20.2 Å². The van der Waals surface area contributed by atoms with Gasteiger partial charge in [0.1, 0.15) is 36.0 Å². The smallest absolute Gasteiger partial charge is 0.325 e. The molecular formula is C32H29ClN4O8. The number of hydrogen-bond acceptors (Lipinski definition) is 11. The van der Waals surface area contributed by atoms with Crippen molar-refractivity contribution in [2.24, 2.45) is 0 Å². The summed E-state index contributed by atoms with van der Waals surface area (Å²) >= 11 is 6.73. The van der Waals surface area contributed by atoms with Crippen LogP contribution in [0.3, 0.4) is 0 Å². The van der Waals surface area contributed by atoms with Gasteiger partial charge in [-0.15, -0.1) is 0 Å². The fourth-order valence-corrected chi connectivity index (χ4v) is 4.88. The molecule has 4 aromatic carbocycles. The second-order valence-corrected chi connectivity index (χ2v) is 10.2. The number of ether oxygens (including phenoxy) is 3. The Morgan fingerprint density at radius 2 is 1.76 bits per heavy atom. The molecule has 0 radical (unpaired) electrons. The maximum atomic E-state index is 12.2. The zero-order chi connectivity index (χ0) is 31.8. The van der Waals surface area contributed by atoms with Crippen LogP contribution >= 0.6 is 11.6 Å². The van der Waals surface area contributed by atoms with Crippen molar-refractivity contribution >= 4 is 34.3 Å². The van der Waals surface area contributed by atoms with Gasteiger partial charge in [0, 0.05) is 35.4 Å². The minimum Gasteiger partial charge on any atom is -0.488 e. The topological polar surface area (TPSA) is 159 Å². The van der Waals surface area contributed by atoms with Gasteiger partial charge in [-0.2, -0.15) is 0 Å². The van der Waals surface area contributed by atoms with E-state index in [0.717, 1.165) is 16.7 Å². The molecule has 0 spiro atoms. The third-order valence-electron chi connectivity index (χ3n) is 6.89. The van der Waals surface area contributed by atoms with Crippen LogP contribution in [0.15, 0.2) is 83.5 Å². The molecule has 1 atom stereocenters. The second kappa shape index (κ2) is 14.6. The van der Waals surface area contributed by atoms with Crippen molar-refractivity contribution in [3.05, 3.63) is 111 Å². The SMILES string of the molecule is CCOC(=O)C(CO)NCc1cc([N+](=O)[O-])c(OCc2cccc(-c3ccccc3)c2Cl)cc1OCc1ccc2nonc2c1. The van der Waals surface area contributed by atoms with Crippen LogP contribution in [0, 0.1) is 10.1 Å². The van der Waals surface area contributed by atoms with Crippen molar-refractivity contribution < 1.29 is 33.7 Å². The molecule has 0 aliphatic carbocycles. The Bertz CT molecular complexity index is 1800. The third-order valence-corrected chi connectivity index (χ3v) is 7.34. The Morgan fingerprint density at radius 1 is 0.978 bits per heavy atom. The number of rotatable bonds is 14. The molecule has 1 unspecified atom stereocenters. The molecule has 232 valence electrons. The highest BCUT2D eigenvalue weighted by atomic mass is 35.5. The Balaban J connectivity index is 1.44. The number of nitrogens with zero attached hydrogens (tertiary/aromatic N) is 3. The lowest BCUT2D eigenvalue weighted by Gasteiger charge is -2.18. The van der Waals surface area contributed by atoms with E-state index in [4.69, 9.17) is 30.4 Å². The summed E-state index contributed by atoms with van der Waals surface area (Å²) in [6, 6.07) is 22.1. The van der Waals surface area contributed by atoms with Crippen LogP contribution in [0.5, 0.6) is 11.5 Å². The Hall–Kier alpha value is -5.04. The second-order valence-electron chi connectivity index (χ2n) is 9.86. The average molecular weight is 633 g/mol. The molecule has 0 bridgehead atoms. The number of aliphatic hydroxyl groups is 1. The van der Waals surface area contributed by atoms with Crippen LogP contribution in [-0.2, 0) is 29.3 Å². The molecule has 0 saturated heterocycles. The standard InChI is InChI=1S/C32H29ClN4O8/c1-2-42-32(39)27(17-38)34-16-23-14-28(37(40)41)30(15-29(23)43-18-20-11-12-25-26(13-20)36-45-35-25)44-19-22-9-6-10-24(31(22)33)21-7-4-3-5-8-21/h3-15,27,34,38H,2,16-19H2,1H3. The maximum Gasteiger partial charge on any atom is 0.325 e. The number of carbonyl (C=O) groups is 1. The molecule has 1 heterocycles. The van der Waals surface area contributed by atoms with Crippen molar-refractivity contribution in [1.82, 2.24) is 15.6 Å². The highest BCUT2D eigenvalue weighted by molar-refractivity contribution is 6.34. The van der Waals surface area contributed by atoms with Crippen LogP contribution in [0.1, 0.15) is 23.6 Å². The number of fused-ring (bicyclic) bond motifs is 1. The summed E-state index contributed by atoms with van der Waals surface area (Å²) in [6.45, 7) is 1.21. The quantitative estimate of drug-likeness (QED) is 0.0888. The molecule has 2 N–H and O–H groups in total. The Morgan fingerprint density at radius 3 is 2.51 bits per heavy atom. The molecular weight excluding hydrogens is 604 g/mol. The lowest BCUT2D eigenvalue weighted by Crippen LogP contribution is -2.40. The van der Waals surface area contributed by atoms with Gasteiger partial charge in [0.05, 0.1) is 23.2 Å². The fraction of sp³-hybridized carbons (Fsp3) is 0.219. The van der Waals surface area contributed by atoms with E-state index in [-0.39, 0.29) is 43.6 Å². The first-order chi connectivity index (χ1) is 21.9. The molecule has 45 heavy (non-hydrogen) atoms. The first kappa shape index (κ1) is 31.4. The summed E-state index contributed by atoms with van der Waals surface area (Å²) < 4.78 is 21.9. The van der Waals surface area contributed by atoms with E-state index in [0.29, 0.717) is 27.2 Å². The number of halogens is 1. The average Bonchev–Trinajstić information content (AvgIpc) is 3.52. The molecule has 13 heteroatoms. The zero-order valence-electron chi connectivity index (χ0n) is 24.1. The number of nitrogens with one attached hydrogen (secondary N) is 1. The van der Waals surface area contributed by atoms with Gasteiger partial charge < -0.3 is 19.3 Å². The summed E-state index contributed by atoms with van der Waals surface area (Å²) in [4.78, 5) is 23.8. The normalized spacial score (nSPS) is 11.7. The molecule has 0 fully saturated rings. The van der Waals surface area contributed by atoms with Gasteiger partial charge in [-0.1, -0.05) is 66.2 Å². The number of aliphatic hydroxyl groups excluding tert-OH is 1. The van der Waals surface area contributed by atoms with Crippen LogP contribution in [0.4, 0.5) is 5.69 Å². The number of esters is 1. The minimum atomic E-state index is -1.05. The summed E-state index contributed by atoms with van der Waals surface area (Å²) in [7, 11) is 0. The monoisotopic (exact) mass is 632 g/mol. The van der Waals surface area contributed by atoms with Crippen LogP contribution < -0.4 is 14.8 Å². The van der Waals surface area contributed by atoms with Crippen LogP contribution in [-0.4, -0.2) is 45.6 Å². The maximum absolute atomic E-state index is 12.2. The highest BCUT2D eigenvalue weighted by Gasteiger charge is 2.24. The highest BCUT2D eigenvalue weighted by Crippen LogP contribution is 2.37. The molecule has 5 aromatic rings. The number of aromatic nitrogens is 2. The molecule has 0 aliphatic rings. The third kappa shape index (κ3) is 7.55. The first-order valence-corrected chi connectivity index (χ1v) is 14.4. The summed E-state index contributed by atoms with van der Waals surface area (Å²) in [5, 5.41) is 32.9. The van der Waals surface area contributed by atoms with Crippen molar-refractivity contribution in [2.75, 3.05) is 13.2 Å². The van der Waals surface area contributed by atoms with E-state index in [1.165, 1.54) is 12.1 Å². The first-order valence-electron chi connectivity index (χ1n) is 14.0. The van der Waals surface area contributed by atoms with Gasteiger partial charge in [0.15, 0.2) is 0 Å². The van der Waals surface area contributed by atoms with Crippen molar-refractivity contribution in [2.45, 2.75) is 32.7 Å². The summed E-state index contributed by atoms with van der Waals surface area (Å²) in [5.74, 6) is -0.438. The number of carbonyl (C=O) groups excluding carboxylic acids is 1. The van der Waals surface area contributed by atoms with E-state index < -0.39 is 23.5 Å². The van der Waals surface area contributed by atoms with Crippen LogP contribution in [0.25, 0.3) is 22.2 Å². The number of nitro benzene ring substituents is 1. The van der Waals surface area contributed by atoms with E-state index >= 15 is 0 Å². The van der Waals surface area contributed by atoms with Crippen molar-refractivity contribution in [3.63, 3.8) is 0 Å². The number of hydrogen-bond donors (Lipinski definition) is 2. The fourth-order valence-electron chi connectivity index (χ4n) is 4.59. The van der Waals surface area contributed by atoms with E-state index in [1.807, 2.05) is 42.5 Å². The van der Waals surface area contributed by atoms with Gasteiger partial charge >= 0.3 is 11.7 Å². The lowest BCUT2D eigenvalue weighted by atomic mass is 10.0. The van der Waals surface area contributed by atoms with Gasteiger partial charge in [-0.05, 0) is 40.5 Å². The zero-order valence-corrected chi connectivity index (χ0v) is 24.9. The molecule has 0 saturated carbocycles. The predicted octanol–water partition coefficient (Wildman–Crippen LogP) is 5.62. The van der Waals surface area contributed by atoms with Gasteiger partial charge in [0.2, 0.25) is 5.75 Å².